The maximum absolute atomic E-state index is 12.1. The van der Waals surface area contributed by atoms with Gasteiger partial charge in [-0.15, -0.1) is 0 Å². The number of anilines is 1. The average molecular weight is 275 g/mol. The molecule has 0 aromatic carbocycles. The molecule has 108 valence electrons. The van der Waals surface area contributed by atoms with E-state index < -0.39 is 0 Å². The molecule has 2 heterocycles. The minimum Gasteiger partial charge on any atom is -0.355 e. The summed E-state index contributed by atoms with van der Waals surface area (Å²) in [5, 5.41) is 8.07. The summed E-state index contributed by atoms with van der Waals surface area (Å²) in [5.74, 6) is 1.25. The van der Waals surface area contributed by atoms with Crippen molar-refractivity contribution < 1.29 is 0 Å². The first-order valence-electron chi connectivity index (χ1n) is 7.17. The molecule has 0 saturated heterocycles. The molecule has 6 nitrogen and oxygen atoms in total. The van der Waals surface area contributed by atoms with Gasteiger partial charge in [-0.3, -0.25) is 9.78 Å². The standard InChI is InChI=1S/C14H21N5O/c1-14(2,3)19-11-10(8-16-19)12(20)18-13(17-11)15-7-9-5-4-6-9/h8-9H,4-7H2,1-3H3,(H2,15,17,18,20). The van der Waals surface area contributed by atoms with E-state index in [9.17, 15) is 4.79 Å². The molecule has 3 rings (SSSR count). The van der Waals surface area contributed by atoms with Crippen LogP contribution in [0.25, 0.3) is 11.0 Å². The van der Waals surface area contributed by atoms with E-state index in [1.807, 2.05) is 20.8 Å². The zero-order valence-electron chi connectivity index (χ0n) is 12.2. The summed E-state index contributed by atoms with van der Waals surface area (Å²) >= 11 is 0. The summed E-state index contributed by atoms with van der Waals surface area (Å²) in [6.07, 6.45) is 5.42. The molecule has 0 atom stereocenters. The molecule has 0 radical (unpaired) electrons. The first kappa shape index (κ1) is 13.1. The highest BCUT2D eigenvalue weighted by Gasteiger charge is 2.21. The van der Waals surface area contributed by atoms with Crippen LogP contribution in [0.15, 0.2) is 11.0 Å². The third kappa shape index (κ3) is 2.30. The molecule has 0 unspecified atom stereocenters. The molecule has 2 N–H and O–H groups in total. The Morgan fingerprint density at radius 2 is 2.20 bits per heavy atom. The predicted octanol–water partition coefficient (Wildman–Crippen LogP) is 2.09. The van der Waals surface area contributed by atoms with E-state index in [1.165, 1.54) is 19.3 Å². The van der Waals surface area contributed by atoms with Crippen LogP contribution in [-0.2, 0) is 5.54 Å². The molecule has 1 aliphatic rings. The van der Waals surface area contributed by atoms with Gasteiger partial charge in [0.05, 0.1) is 11.7 Å². The minimum absolute atomic E-state index is 0.137. The second-order valence-electron chi connectivity index (χ2n) is 6.56. The molecule has 0 bridgehead atoms. The number of rotatable bonds is 3. The molecule has 0 amide bonds. The quantitative estimate of drug-likeness (QED) is 0.899. The zero-order valence-corrected chi connectivity index (χ0v) is 12.2. The summed E-state index contributed by atoms with van der Waals surface area (Å²) in [5.41, 5.74) is 0.298. The highest BCUT2D eigenvalue weighted by Crippen LogP contribution is 2.26. The highest BCUT2D eigenvalue weighted by atomic mass is 16.1. The fourth-order valence-corrected chi connectivity index (χ4v) is 2.43. The molecule has 0 spiro atoms. The van der Waals surface area contributed by atoms with Crippen LogP contribution in [0.2, 0.25) is 0 Å². The van der Waals surface area contributed by atoms with Crippen molar-refractivity contribution in [2.45, 2.75) is 45.6 Å². The van der Waals surface area contributed by atoms with Crippen LogP contribution >= 0.6 is 0 Å². The van der Waals surface area contributed by atoms with Crippen molar-refractivity contribution in [1.82, 2.24) is 19.7 Å². The molecule has 2 aromatic rings. The summed E-state index contributed by atoms with van der Waals surface area (Å²) in [7, 11) is 0. The van der Waals surface area contributed by atoms with Gasteiger partial charge >= 0.3 is 0 Å². The fourth-order valence-electron chi connectivity index (χ4n) is 2.43. The Hall–Kier alpha value is -1.85. The van der Waals surface area contributed by atoms with E-state index in [-0.39, 0.29) is 11.1 Å². The van der Waals surface area contributed by atoms with Crippen LogP contribution in [0, 0.1) is 5.92 Å². The largest absolute Gasteiger partial charge is 0.355 e. The maximum Gasteiger partial charge on any atom is 0.263 e. The van der Waals surface area contributed by atoms with Gasteiger partial charge in [-0.1, -0.05) is 6.42 Å². The molecular formula is C14H21N5O. The van der Waals surface area contributed by atoms with Crippen LogP contribution in [0.1, 0.15) is 40.0 Å². The smallest absolute Gasteiger partial charge is 0.263 e. The first-order chi connectivity index (χ1) is 9.45. The zero-order chi connectivity index (χ0) is 14.3. The van der Waals surface area contributed by atoms with Crippen molar-refractivity contribution in [2.24, 2.45) is 5.92 Å². The van der Waals surface area contributed by atoms with Gasteiger partial charge < -0.3 is 5.32 Å². The van der Waals surface area contributed by atoms with Crippen molar-refractivity contribution in [2.75, 3.05) is 11.9 Å². The number of fused-ring (bicyclic) bond motifs is 1. The monoisotopic (exact) mass is 275 g/mol. The van der Waals surface area contributed by atoms with Gasteiger partial charge in [-0.05, 0) is 39.5 Å². The Balaban J connectivity index is 1.95. The third-order valence-corrected chi connectivity index (χ3v) is 3.86. The lowest BCUT2D eigenvalue weighted by Crippen LogP contribution is -2.25. The lowest BCUT2D eigenvalue weighted by Gasteiger charge is -2.25. The number of hydrogen-bond acceptors (Lipinski definition) is 4. The third-order valence-electron chi connectivity index (χ3n) is 3.86. The number of nitrogens with one attached hydrogen (secondary N) is 2. The molecule has 2 aromatic heterocycles. The Morgan fingerprint density at radius 3 is 2.80 bits per heavy atom. The summed E-state index contributed by atoms with van der Waals surface area (Å²) in [6, 6.07) is 0. The summed E-state index contributed by atoms with van der Waals surface area (Å²) in [6.45, 7) is 7.01. The Morgan fingerprint density at radius 1 is 1.45 bits per heavy atom. The number of nitrogens with zero attached hydrogens (tertiary/aromatic N) is 3. The van der Waals surface area contributed by atoms with E-state index in [2.05, 4.69) is 20.4 Å². The van der Waals surface area contributed by atoms with Crippen LogP contribution in [-0.4, -0.2) is 26.3 Å². The van der Waals surface area contributed by atoms with Crippen molar-refractivity contribution in [3.63, 3.8) is 0 Å². The average Bonchev–Trinajstić information content (AvgIpc) is 2.70. The van der Waals surface area contributed by atoms with Crippen molar-refractivity contribution >= 4 is 17.0 Å². The van der Waals surface area contributed by atoms with Crippen LogP contribution in [0.5, 0.6) is 0 Å². The SMILES string of the molecule is CC(C)(C)n1ncc2c(=O)[nH]c(NCC3CCC3)nc21. The molecule has 1 fully saturated rings. The van der Waals surface area contributed by atoms with Gasteiger partial charge in [0.15, 0.2) is 5.65 Å². The molecule has 1 saturated carbocycles. The fraction of sp³-hybridized carbons (Fsp3) is 0.643. The number of aromatic nitrogens is 4. The summed E-state index contributed by atoms with van der Waals surface area (Å²) in [4.78, 5) is 19.4. The van der Waals surface area contributed by atoms with Gasteiger partial charge in [0, 0.05) is 6.54 Å². The molecule has 6 heteroatoms. The molecule has 20 heavy (non-hydrogen) atoms. The van der Waals surface area contributed by atoms with Crippen molar-refractivity contribution in [1.29, 1.82) is 0 Å². The van der Waals surface area contributed by atoms with Gasteiger partial charge in [-0.2, -0.15) is 10.1 Å². The maximum atomic E-state index is 12.1. The Labute approximate surface area is 117 Å². The van der Waals surface area contributed by atoms with Gasteiger partial charge in [0.2, 0.25) is 5.95 Å². The number of aromatic amines is 1. The Bertz CT molecular complexity index is 675. The minimum atomic E-state index is -0.201. The molecule has 1 aliphatic carbocycles. The topological polar surface area (TPSA) is 75.6 Å². The van der Waals surface area contributed by atoms with Crippen LogP contribution in [0.4, 0.5) is 5.95 Å². The van der Waals surface area contributed by atoms with E-state index >= 15 is 0 Å². The van der Waals surface area contributed by atoms with E-state index in [1.54, 1.807) is 10.9 Å². The lowest BCUT2D eigenvalue weighted by atomic mass is 9.85. The predicted molar refractivity (Wildman–Crippen MR) is 79.0 cm³/mol. The number of hydrogen-bond donors (Lipinski definition) is 2. The normalized spacial score (nSPS) is 16.4. The van der Waals surface area contributed by atoms with Crippen molar-refractivity contribution in [3.8, 4) is 0 Å². The van der Waals surface area contributed by atoms with Gasteiger partial charge in [0.1, 0.15) is 5.39 Å². The molecule has 0 aliphatic heterocycles. The van der Waals surface area contributed by atoms with Gasteiger partial charge in [0.25, 0.3) is 5.56 Å². The first-order valence-corrected chi connectivity index (χ1v) is 7.17. The highest BCUT2D eigenvalue weighted by molar-refractivity contribution is 5.74. The van der Waals surface area contributed by atoms with Crippen molar-refractivity contribution in [3.05, 3.63) is 16.6 Å². The van der Waals surface area contributed by atoms with E-state index in [4.69, 9.17) is 0 Å². The van der Waals surface area contributed by atoms with Crippen LogP contribution < -0.4 is 10.9 Å². The summed E-state index contributed by atoms with van der Waals surface area (Å²) < 4.78 is 1.80. The van der Waals surface area contributed by atoms with Gasteiger partial charge in [-0.25, -0.2) is 4.68 Å². The van der Waals surface area contributed by atoms with Crippen LogP contribution in [0.3, 0.4) is 0 Å². The van der Waals surface area contributed by atoms with E-state index in [0.717, 1.165) is 6.54 Å². The van der Waals surface area contributed by atoms with E-state index in [0.29, 0.717) is 22.9 Å². The lowest BCUT2D eigenvalue weighted by molar-refractivity contribution is 0.333. The number of H-pyrrole nitrogens is 1. The second kappa shape index (κ2) is 4.61. The Kier molecular flexibility index (Phi) is 3.03. The molecular weight excluding hydrogens is 254 g/mol. The second-order valence-corrected chi connectivity index (χ2v) is 6.56.